The summed E-state index contributed by atoms with van der Waals surface area (Å²) in [5.41, 5.74) is 13.4. The van der Waals surface area contributed by atoms with Gasteiger partial charge in [0.1, 0.15) is 17.3 Å². The molecule has 0 fully saturated rings. The first-order valence-corrected chi connectivity index (χ1v) is 22.7. The van der Waals surface area contributed by atoms with Gasteiger partial charge >= 0.3 is 0 Å². The number of rotatable bonds is 6. The Hall–Kier alpha value is -5.81. The fraction of sp³-hybridized carbons (Fsp3) is 0.362. The Kier molecular flexibility index (Phi) is 10.8. The summed E-state index contributed by atoms with van der Waals surface area (Å²) in [6, 6.07) is 40.6. The molecule has 326 valence electrons. The van der Waals surface area contributed by atoms with Crippen LogP contribution in [0.5, 0.6) is 11.5 Å². The van der Waals surface area contributed by atoms with Gasteiger partial charge in [-0.1, -0.05) is 140 Å². The van der Waals surface area contributed by atoms with Crippen LogP contribution in [0, 0.1) is 0 Å². The molecule has 1 aliphatic heterocycles. The molecule has 0 aliphatic carbocycles. The Labute approximate surface area is 377 Å². The van der Waals surface area contributed by atoms with Crippen LogP contribution >= 0.6 is 0 Å². The lowest BCUT2D eigenvalue weighted by molar-refractivity contribution is 0.479. The van der Waals surface area contributed by atoms with Gasteiger partial charge in [-0.05, 0) is 127 Å². The fourth-order valence-corrected chi connectivity index (χ4v) is 8.44. The molecule has 0 spiro atoms. The molecule has 5 nitrogen and oxygen atoms in total. The average molecular weight is 837 g/mol. The second kappa shape index (κ2) is 15.5. The summed E-state index contributed by atoms with van der Waals surface area (Å²) in [6.07, 6.45) is 6.35. The van der Waals surface area contributed by atoms with Crippen molar-refractivity contribution in [1.82, 2.24) is 9.55 Å². The zero-order chi connectivity index (χ0) is 45.4. The Morgan fingerprint density at radius 2 is 0.952 bits per heavy atom. The number of aromatic nitrogens is 2. The molecule has 0 saturated carbocycles. The first-order chi connectivity index (χ1) is 29.3. The van der Waals surface area contributed by atoms with Crippen molar-refractivity contribution in [3.8, 4) is 28.4 Å². The highest BCUT2D eigenvalue weighted by molar-refractivity contribution is 6.10. The van der Waals surface area contributed by atoms with E-state index in [2.05, 4.69) is 240 Å². The molecule has 0 unspecified atom stereocenters. The molecule has 63 heavy (non-hydrogen) atoms. The van der Waals surface area contributed by atoms with Gasteiger partial charge in [0.2, 0.25) is 0 Å². The number of nitrogens with zero attached hydrogens (tertiary/aromatic N) is 4. The van der Waals surface area contributed by atoms with Gasteiger partial charge in [0.05, 0.1) is 17.7 Å². The molecule has 2 aromatic heterocycles. The number of anilines is 2. The average Bonchev–Trinajstić information content (AvgIpc) is 3.82. The molecule has 1 aliphatic rings. The van der Waals surface area contributed by atoms with Gasteiger partial charge < -0.3 is 14.5 Å². The molecule has 3 heterocycles. The van der Waals surface area contributed by atoms with Crippen molar-refractivity contribution in [2.24, 2.45) is 0 Å². The summed E-state index contributed by atoms with van der Waals surface area (Å²) >= 11 is 0. The van der Waals surface area contributed by atoms with Gasteiger partial charge in [0, 0.05) is 52.9 Å². The topological polar surface area (TPSA) is 33.5 Å². The Morgan fingerprint density at radius 1 is 0.413 bits per heavy atom. The molecule has 0 saturated heterocycles. The fourth-order valence-electron chi connectivity index (χ4n) is 8.44. The van der Waals surface area contributed by atoms with Crippen LogP contribution in [0.2, 0.25) is 0 Å². The highest BCUT2D eigenvalue weighted by atomic mass is 16.5. The smallest absolute Gasteiger partial charge is 0.137 e. The highest BCUT2D eigenvalue weighted by Gasteiger charge is 2.26. The number of hydrogen-bond acceptors (Lipinski definition) is 4. The van der Waals surface area contributed by atoms with Crippen molar-refractivity contribution in [2.75, 3.05) is 16.5 Å². The summed E-state index contributed by atoms with van der Waals surface area (Å²) in [4.78, 5) is 9.67. The molecule has 5 heteroatoms. The minimum absolute atomic E-state index is 0.0275. The largest absolute Gasteiger partial charge is 0.457 e. The van der Waals surface area contributed by atoms with Gasteiger partial charge in [0.15, 0.2) is 0 Å². The summed E-state index contributed by atoms with van der Waals surface area (Å²) in [5.74, 6) is 2.48. The third-order valence-corrected chi connectivity index (χ3v) is 12.7. The van der Waals surface area contributed by atoms with Crippen LogP contribution in [-0.2, 0) is 27.1 Å². The lowest BCUT2D eigenvalue weighted by Crippen LogP contribution is -2.26. The molecule has 5 aromatic carbocycles. The summed E-state index contributed by atoms with van der Waals surface area (Å²) in [5, 5.41) is 2.34. The maximum atomic E-state index is 6.94. The van der Waals surface area contributed by atoms with Crippen LogP contribution in [0.15, 0.2) is 128 Å². The van der Waals surface area contributed by atoms with Crippen molar-refractivity contribution in [1.29, 1.82) is 0 Å². The van der Waals surface area contributed by atoms with E-state index in [1.807, 2.05) is 6.20 Å². The zero-order valence-electron chi connectivity index (χ0n) is 40.5. The van der Waals surface area contributed by atoms with Crippen LogP contribution in [-0.4, -0.2) is 16.2 Å². The van der Waals surface area contributed by atoms with Crippen molar-refractivity contribution in [3.63, 3.8) is 0 Å². The van der Waals surface area contributed by atoms with E-state index in [1.54, 1.807) is 0 Å². The molecule has 7 aromatic rings. The molecule has 0 bridgehead atoms. The maximum absolute atomic E-state index is 6.94. The van der Waals surface area contributed by atoms with Gasteiger partial charge in [-0.2, -0.15) is 0 Å². The SMILES string of the molecule is CC(C)(C)c1ccc(-c2ccc3c(c2)c2ccc(Oc4cc(N5C=CN(c6cc(C(C)(C)C)cc(C(C)(C)C)c6)C5)cc(C(C)(C)C)c4)cc2n3-c2cc(C(C)(C)C)ccn2)cc1. The molecule has 0 atom stereocenters. The Bertz CT molecular complexity index is 2830. The van der Waals surface area contributed by atoms with E-state index in [-0.39, 0.29) is 27.1 Å². The quantitative estimate of drug-likeness (QED) is 0.167. The van der Waals surface area contributed by atoms with Gasteiger partial charge in [-0.15, -0.1) is 0 Å². The molecule has 0 N–H and O–H groups in total. The predicted molar refractivity (Wildman–Crippen MR) is 269 cm³/mol. The first-order valence-electron chi connectivity index (χ1n) is 22.7. The lowest BCUT2D eigenvalue weighted by Gasteiger charge is -2.29. The van der Waals surface area contributed by atoms with Crippen LogP contribution in [0.4, 0.5) is 11.4 Å². The van der Waals surface area contributed by atoms with Crippen LogP contribution < -0.4 is 14.5 Å². The second-order valence-electron chi connectivity index (χ2n) is 22.9. The van der Waals surface area contributed by atoms with Crippen LogP contribution in [0.3, 0.4) is 0 Å². The number of ether oxygens (including phenoxy) is 1. The third kappa shape index (κ3) is 9.03. The number of fused-ring (bicyclic) bond motifs is 3. The van der Waals surface area contributed by atoms with Gasteiger partial charge in [-0.25, -0.2) is 4.98 Å². The third-order valence-electron chi connectivity index (χ3n) is 12.7. The van der Waals surface area contributed by atoms with E-state index in [4.69, 9.17) is 9.72 Å². The zero-order valence-corrected chi connectivity index (χ0v) is 40.5. The Balaban J connectivity index is 1.19. The molecule has 0 amide bonds. The van der Waals surface area contributed by atoms with E-state index in [0.29, 0.717) is 6.67 Å². The predicted octanol–water partition coefficient (Wildman–Crippen LogP) is 15.9. The van der Waals surface area contributed by atoms with Crippen molar-refractivity contribution < 1.29 is 4.74 Å². The van der Waals surface area contributed by atoms with Crippen LogP contribution in [0.25, 0.3) is 38.8 Å². The normalized spacial score (nSPS) is 14.1. The molecule has 8 rings (SSSR count). The van der Waals surface area contributed by atoms with E-state index in [0.717, 1.165) is 39.4 Å². The molecular weight excluding hydrogens is 769 g/mol. The summed E-state index contributed by atoms with van der Waals surface area (Å²) < 4.78 is 9.24. The van der Waals surface area contributed by atoms with E-state index in [9.17, 15) is 0 Å². The van der Waals surface area contributed by atoms with Gasteiger partial charge in [-0.3, -0.25) is 4.57 Å². The molecule has 0 radical (unpaired) electrons. The monoisotopic (exact) mass is 837 g/mol. The van der Waals surface area contributed by atoms with E-state index in [1.165, 1.54) is 50.0 Å². The Morgan fingerprint density at radius 3 is 1.52 bits per heavy atom. The molecular formula is C58H68N4O. The maximum Gasteiger partial charge on any atom is 0.137 e. The number of hydrogen-bond donors (Lipinski definition) is 0. The van der Waals surface area contributed by atoms with E-state index >= 15 is 0 Å². The number of benzene rings is 5. The number of pyridine rings is 1. The first kappa shape index (κ1) is 43.8. The van der Waals surface area contributed by atoms with Crippen molar-refractivity contribution in [3.05, 3.63) is 156 Å². The van der Waals surface area contributed by atoms with Crippen molar-refractivity contribution in [2.45, 2.75) is 131 Å². The minimum atomic E-state index is -0.0925. The van der Waals surface area contributed by atoms with Crippen molar-refractivity contribution >= 4 is 33.2 Å². The summed E-state index contributed by atoms with van der Waals surface area (Å²) in [7, 11) is 0. The lowest BCUT2D eigenvalue weighted by atomic mass is 9.80. The highest BCUT2D eigenvalue weighted by Crippen LogP contribution is 2.41. The van der Waals surface area contributed by atoms with E-state index < -0.39 is 0 Å². The van der Waals surface area contributed by atoms with Gasteiger partial charge in [0.25, 0.3) is 0 Å². The minimum Gasteiger partial charge on any atom is -0.457 e. The van der Waals surface area contributed by atoms with Crippen LogP contribution in [0.1, 0.15) is 132 Å². The standard InChI is InChI=1S/C58H68N4O/c1-54(2,3)40-19-16-38(17-20-40)39-18-23-51-50(28-39)49-22-21-47(36-52(49)62(51)53-34-41(24-25-59-53)55(4,5)6)63-48-33-44(58(13,14)15)32-46(35-48)61-27-26-60(37-61)45-30-42(56(7,8)9)29-43(31-45)57(10,11)12/h16-36H,37H2,1-15H3. The second-order valence-corrected chi connectivity index (χ2v) is 22.9. The summed E-state index contributed by atoms with van der Waals surface area (Å²) in [6.45, 7) is 34.9.